The molecule has 0 aromatic heterocycles. The molecule has 1 saturated heterocycles. The smallest absolute Gasteiger partial charge is 0.265 e. The van der Waals surface area contributed by atoms with E-state index in [2.05, 4.69) is 39.0 Å². The third-order valence-corrected chi connectivity index (χ3v) is 6.97. The van der Waals surface area contributed by atoms with Crippen LogP contribution < -0.4 is 14.2 Å². The van der Waals surface area contributed by atoms with E-state index >= 15 is 0 Å². The molecule has 0 bridgehead atoms. The van der Waals surface area contributed by atoms with Gasteiger partial charge in [-0.05, 0) is 60.7 Å². The Morgan fingerprint density at radius 3 is 2.50 bits per heavy atom. The largest absolute Gasteiger partial charge is 0.493 e. The summed E-state index contributed by atoms with van der Waals surface area (Å²) in [6.07, 6.45) is 2.46. The second kappa shape index (κ2) is 12.0. The number of carbonyl (C=O) groups excluding carboxylic acids is 1. The van der Waals surface area contributed by atoms with Crippen LogP contribution in [0.2, 0.25) is 5.02 Å². The molecule has 182 valence electrons. The normalized spacial score (nSPS) is 14.9. The van der Waals surface area contributed by atoms with Gasteiger partial charge in [0.2, 0.25) is 0 Å². The molecule has 0 aliphatic carbocycles. The predicted octanol–water partition coefficient (Wildman–Crippen LogP) is 6.85. The van der Waals surface area contributed by atoms with E-state index in [1.54, 1.807) is 19.2 Å². The molecule has 0 unspecified atom stereocenters. The first-order valence-corrected chi connectivity index (χ1v) is 12.9. The average Bonchev–Trinajstić information content (AvgIpc) is 3.01. The number of thiocarbonyl (C=S) groups is 1. The molecule has 1 aliphatic rings. The van der Waals surface area contributed by atoms with Crippen LogP contribution in [-0.4, -0.2) is 42.0 Å². The maximum Gasteiger partial charge on any atom is 0.265 e. The summed E-state index contributed by atoms with van der Waals surface area (Å²) in [7, 11) is 1.67. The van der Waals surface area contributed by atoms with Crippen molar-refractivity contribution < 1.29 is 19.0 Å². The maximum absolute atomic E-state index is 12.3. The SMILES string of the molecule is CCOc1cc(C=C2SC(=S)N(C)C2=O)cc(Cl)c1OCCCOc1cc(C)ccc1C(C)C. The van der Waals surface area contributed by atoms with E-state index in [0.717, 1.165) is 11.3 Å². The van der Waals surface area contributed by atoms with Gasteiger partial charge in [0.25, 0.3) is 5.91 Å². The van der Waals surface area contributed by atoms with Crippen molar-refractivity contribution in [3.05, 3.63) is 56.9 Å². The van der Waals surface area contributed by atoms with Crippen molar-refractivity contribution in [3.63, 3.8) is 0 Å². The summed E-state index contributed by atoms with van der Waals surface area (Å²) in [6.45, 7) is 9.69. The lowest BCUT2D eigenvalue weighted by Gasteiger charge is -2.16. The van der Waals surface area contributed by atoms with E-state index < -0.39 is 0 Å². The van der Waals surface area contributed by atoms with Crippen LogP contribution in [0.4, 0.5) is 0 Å². The fourth-order valence-electron chi connectivity index (χ4n) is 3.43. The van der Waals surface area contributed by atoms with E-state index in [4.69, 9.17) is 38.0 Å². The van der Waals surface area contributed by atoms with Gasteiger partial charge in [-0.2, -0.15) is 0 Å². The van der Waals surface area contributed by atoms with Crippen LogP contribution >= 0.6 is 35.6 Å². The third-order valence-electron chi connectivity index (χ3n) is 5.20. The molecule has 2 aromatic carbocycles. The summed E-state index contributed by atoms with van der Waals surface area (Å²) < 4.78 is 18.3. The Kier molecular flexibility index (Phi) is 9.28. The summed E-state index contributed by atoms with van der Waals surface area (Å²) in [6, 6.07) is 9.90. The van der Waals surface area contributed by atoms with E-state index in [1.807, 2.05) is 13.0 Å². The zero-order valence-electron chi connectivity index (χ0n) is 20.1. The predicted molar refractivity (Wildman–Crippen MR) is 144 cm³/mol. The lowest BCUT2D eigenvalue weighted by molar-refractivity contribution is -0.121. The van der Waals surface area contributed by atoms with E-state index in [9.17, 15) is 4.79 Å². The summed E-state index contributed by atoms with van der Waals surface area (Å²) in [5.41, 5.74) is 3.12. The Hall–Kier alpha value is -2.22. The highest BCUT2D eigenvalue weighted by Gasteiger charge is 2.28. The Balaban J connectivity index is 1.65. The van der Waals surface area contributed by atoms with Gasteiger partial charge < -0.3 is 14.2 Å². The van der Waals surface area contributed by atoms with Crippen LogP contribution in [0.1, 0.15) is 49.8 Å². The molecule has 8 heteroatoms. The number of likely N-dealkylation sites (N-methyl/N-ethyl adjacent to an activating group) is 1. The number of benzene rings is 2. The van der Waals surface area contributed by atoms with Gasteiger partial charge in [0.15, 0.2) is 11.5 Å². The van der Waals surface area contributed by atoms with Gasteiger partial charge in [-0.3, -0.25) is 9.69 Å². The number of nitrogens with zero attached hydrogens (tertiary/aromatic N) is 1. The fraction of sp³-hybridized carbons (Fsp3) is 0.385. The van der Waals surface area contributed by atoms with Gasteiger partial charge in [0.1, 0.15) is 10.1 Å². The molecular formula is C26H30ClNO4S2. The van der Waals surface area contributed by atoms with Gasteiger partial charge in [0.05, 0.1) is 29.7 Å². The van der Waals surface area contributed by atoms with Crippen LogP contribution in [0.25, 0.3) is 6.08 Å². The molecule has 5 nitrogen and oxygen atoms in total. The second-order valence-electron chi connectivity index (χ2n) is 8.25. The molecule has 34 heavy (non-hydrogen) atoms. The highest BCUT2D eigenvalue weighted by Crippen LogP contribution is 2.39. The number of hydrogen-bond donors (Lipinski definition) is 0. The summed E-state index contributed by atoms with van der Waals surface area (Å²) in [4.78, 5) is 14.3. The van der Waals surface area contributed by atoms with Crippen LogP contribution in [-0.2, 0) is 4.79 Å². The maximum atomic E-state index is 12.3. The van der Waals surface area contributed by atoms with Crippen LogP contribution in [0.3, 0.4) is 0 Å². The Bertz CT molecular complexity index is 1100. The molecule has 0 saturated carbocycles. The highest BCUT2D eigenvalue weighted by atomic mass is 35.5. The zero-order chi connectivity index (χ0) is 24.8. The minimum atomic E-state index is -0.126. The van der Waals surface area contributed by atoms with Crippen molar-refractivity contribution in [1.82, 2.24) is 4.90 Å². The van der Waals surface area contributed by atoms with Crippen LogP contribution in [0.5, 0.6) is 17.2 Å². The minimum absolute atomic E-state index is 0.126. The van der Waals surface area contributed by atoms with Gasteiger partial charge in [-0.15, -0.1) is 0 Å². The van der Waals surface area contributed by atoms with Crippen molar-refractivity contribution in [2.75, 3.05) is 26.9 Å². The number of aryl methyl sites for hydroxylation is 1. The van der Waals surface area contributed by atoms with Crippen LogP contribution in [0.15, 0.2) is 35.2 Å². The molecule has 0 radical (unpaired) electrons. The van der Waals surface area contributed by atoms with E-state index in [-0.39, 0.29) is 5.91 Å². The fourth-order valence-corrected chi connectivity index (χ4v) is 4.88. The van der Waals surface area contributed by atoms with Crippen molar-refractivity contribution in [3.8, 4) is 17.2 Å². The quantitative estimate of drug-likeness (QED) is 0.194. The molecular weight excluding hydrogens is 490 g/mol. The molecule has 0 N–H and O–H groups in total. The number of ether oxygens (including phenoxy) is 3. The molecule has 1 aliphatic heterocycles. The Morgan fingerprint density at radius 1 is 1.12 bits per heavy atom. The van der Waals surface area contributed by atoms with Crippen molar-refractivity contribution >= 4 is 51.9 Å². The number of carbonyl (C=O) groups is 1. The van der Waals surface area contributed by atoms with E-state index in [0.29, 0.717) is 57.9 Å². The minimum Gasteiger partial charge on any atom is -0.493 e. The first-order chi connectivity index (χ1) is 16.2. The summed E-state index contributed by atoms with van der Waals surface area (Å²) >= 11 is 13.0. The number of hydrogen-bond acceptors (Lipinski definition) is 6. The van der Waals surface area contributed by atoms with Gasteiger partial charge in [-0.25, -0.2) is 0 Å². The molecule has 1 fully saturated rings. The number of thioether (sulfide) groups is 1. The topological polar surface area (TPSA) is 48.0 Å². The first kappa shape index (κ1) is 26.4. The van der Waals surface area contributed by atoms with E-state index in [1.165, 1.54) is 27.8 Å². The molecule has 1 heterocycles. The number of amides is 1. The molecule has 0 atom stereocenters. The van der Waals surface area contributed by atoms with Gasteiger partial charge >= 0.3 is 0 Å². The molecule has 3 rings (SSSR count). The standard InChI is InChI=1S/C26H30ClNO4S2/c1-6-30-22-14-18(15-23-25(29)28(5)26(33)34-23)13-20(27)24(22)32-11-7-10-31-21-12-17(4)8-9-19(21)16(2)3/h8-9,12-16H,6-7,10-11H2,1-5H3. The van der Waals surface area contributed by atoms with Gasteiger partial charge in [-0.1, -0.05) is 61.6 Å². The second-order valence-corrected chi connectivity index (χ2v) is 10.3. The van der Waals surface area contributed by atoms with Crippen molar-refractivity contribution in [2.45, 2.75) is 40.0 Å². The Morgan fingerprint density at radius 2 is 1.85 bits per heavy atom. The van der Waals surface area contributed by atoms with Crippen molar-refractivity contribution in [2.24, 2.45) is 0 Å². The number of halogens is 1. The lowest BCUT2D eigenvalue weighted by atomic mass is 10.0. The summed E-state index contributed by atoms with van der Waals surface area (Å²) in [5.74, 6) is 2.21. The van der Waals surface area contributed by atoms with Crippen molar-refractivity contribution in [1.29, 1.82) is 0 Å². The first-order valence-electron chi connectivity index (χ1n) is 11.2. The third kappa shape index (κ3) is 6.46. The lowest BCUT2D eigenvalue weighted by Crippen LogP contribution is -2.22. The van der Waals surface area contributed by atoms with Gasteiger partial charge in [0, 0.05) is 13.5 Å². The highest BCUT2D eigenvalue weighted by molar-refractivity contribution is 8.26. The molecule has 2 aromatic rings. The Labute approximate surface area is 216 Å². The number of rotatable bonds is 10. The van der Waals surface area contributed by atoms with Crippen LogP contribution in [0, 0.1) is 6.92 Å². The monoisotopic (exact) mass is 519 g/mol. The summed E-state index contributed by atoms with van der Waals surface area (Å²) in [5, 5.41) is 0.422. The molecule has 1 amide bonds. The zero-order valence-corrected chi connectivity index (χ0v) is 22.5. The average molecular weight is 520 g/mol. The molecule has 0 spiro atoms.